The zero-order chi connectivity index (χ0) is 23.7. The first-order chi connectivity index (χ1) is 15.6. The molecule has 0 aromatic heterocycles. The third-order valence-electron chi connectivity index (χ3n) is 10.7. The maximum absolute atomic E-state index is 12.6. The average molecular weight is 456 g/mol. The van der Waals surface area contributed by atoms with E-state index in [1.54, 1.807) is 0 Å². The molecule has 0 amide bonds. The molecule has 2 N–H and O–H groups in total. The van der Waals surface area contributed by atoms with Crippen molar-refractivity contribution in [3.8, 4) is 0 Å². The second kappa shape index (κ2) is 7.95. The van der Waals surface area contributed by atoms with E-state index in [0.717, 1.165) is 64.2 Å². The van der Waals surface area contributed by atoms with E-state index in [1.807, 2.05) is 6.92 Å². The van der Waals surface area contributed by atoms with Crippen molar-refractivity contribution in [2.24, 2.45) is 57.2 Å². The number of carboxylic acids is 2. The number of carbonyl (C=O) groups is 2. The predicted octanol–water partition coefficient (Wildman–Crippen LogP) is 6.19. The number of aliphatic imine (C=N–C) groups is 1. The summed E-state index contributed by atoms with van der Waals surface area (Å²) >= 11 is 0. The lowest BCUT2D eigenvalue weighted by Gasteiger charge is -2.57. The van der Waals surface area contributed by atoms with Crippen molar-refractivity contribution in [1.82, 2.24) is 0 Å². The van der Waals surface area contributed by atoms with Crippen LogP contribution in [0.2, 0.25) is 0 Å². The van der Waals surface area contributed by atoms with Gasteiger partial charge in [-0.15, -0.1) is 0 Å². The van der Waals surface area contributed by atoms with E-state index in [2.05, 4.69) is 20.8 Å². The highest BCUT2D eigenvalue weighted by Gasteiger charge is 2.59. The van der Waals surface area contributed by atoms with Crippen LogP contribution < -0.4 is 0 Å². The molecule has 182 valence electrons. The number of hydrogen-bond donors (Lipinski definition) is 2. The van der Waals surface area contributed by atoms with E-state index in [9.17, 15) is 19.8 Å². The lowest BCUT2D eigenvalue weighted by molar-refractivity contribution is -0.155. The quantitative estimate of drug-likeness (QED) is 0.531. The lowest BCUT2D eigenvalue weighted by Crippen LogP contribution is -2.54. The van der Waals surface area contributed by atoms with Gasteiger partial charge in [-0.25, -0.2) is 0 Å². The van der Waals surface area contributed by atoms with E-state index in [0.29, 0.717) is 11.8 Å². The summed E-state index contributed by atoms with van der Waals surface area (Å²) < 4.78 is 0. The normalized spacial score (nSPS) is 44.8. The van der Waals surface area contributed by atoms with Gasteiger partial charge in [-0.1, -0.05) is 40.0 Å². The molecule has 8 atom stereocenters. The van der Waals surface area contributed by atoms with Gasteiger partial charge in [-0.3, -0.25) is 14.6 Å². The largest absolute Gasteiger partial charge is 0.481 e. The minimum Gasteiger partial charge on any atom is -0.481 e. The SMILES string of the molecule is CC(C)C1=C2N=C3CC1C1C(C(=O)O)CCCC1C2CCC1C(C)(C(=O)O)CCCC[C@@]31C. The molecule has 7 unspecified atom stereocenters. The Balaban J connectivity index is 1.69. The van der Waals surface area contributed by atoms with Gasteiger partial charge in [-0.05, 0) is 87.0 Å². The summed E-state index contributed by atoms with van der Waals surface area (Å²) in [5.74, 6) is 0.0463. The first-order valence-corrected chi connectivity index (χ1v) is 13.4. The minimum absolute atomic E-state index is 0.0875. The first kappa shape index (κ1) is 23.1. The van der Waals surface area contributed by atoms with Crippen molar-refractivity contribution in [2.75, 3.05) is 0 Å². The van der Waals surface area contributed by atoms with Crippen molar-refractivity contribution in [3.05, 3.63) is 11.3 Å². The standard InChI is InChI=1S/C28H41NO4/c1-15(2)22-19-14-21-27(3)12-5-6-13-28(4,26(32)33)20(27)11-10-17(24(22)29-21)16-8-7-9-18(23(16)19)25(30)31/h15-20,23H,5-14H2,1-4H3,(H,30,31)(H,32,33)/t16?,17?,18?,19?,20?,23?,27-,28?/m1/s1. The number of aliphatic carboxylic acids is 2. The smallest absolute Gasteiger partial charge is 0.309 e. The van der Waals surface area contributed by atoms with Gasteiger partial charge in [0.25, 0.3) is 0 Å². The van der Waals surface area contributed by atoms with Crippen LogP contribution in [0.4, 0.5) is 0 Å². The Bertz CT molecular complexity index is 919. The molecule has 2 aliphatic heterocycles. The predicted molar refractivity (Wildman–Crippen MR) is 128 cm³/mol. The van der Waals surface area contributed by atoms with Crippen LogP contribution >= 0.6 is 0 Å². The summed E-state index contributed by atoms with van der Waals surface area (Å²) in [5.41, 5.74) is 2.96. The summed E-state index contributed by atoms with van der Waals surface area (Å²) in [6.07, 6.45) is 9.30. The molecule has 5 aliphatic rings. The van der Waals surface area contributed by atoms with Gasteiger partial charge in [0.15, 0.2) is 0 Å². The lowest BCUT2D eigenvalue weighted by atomic mass is 9.49. The Kier molecular flexibility index (Phi) is 5.57. The minimum atomic E-state index is -0.720. The monoisotopic (exact) mass is 455 g/mol. The number of allylic oxidation sites excluding steroid dienone is 2. The molecule has 2 heterocycles. The molecule has 0 aromatic carbocycles. The van der Waals surface area contributed by atoms with Crippen molar-refractivity contribution >= 4 is 17.7 Å². The highest BCUT2D eigenvalue weighted by atomic mass is 16.4. The summed E-state index contributed by atoms with van der Waals surface area (Å²) in [4.78, 5) is 30.5. The first-order valence-electron chi connectivity index (χ1n) is 13.4. The van der Waals surface area contributed by atoms with Crippen LogP contribution in [0, 0.1) is 52.3 Å². The average Bonchev–Trinajstić information content (AvgIpc) is 2.89. The molecule has 0 saturated heterocycles. The topological polar surface area (TPSA) is 87.0 Å². The van der Waals surface area contributed by atoms with Crippen molar-refractivity contribution in [2.45, 2.75) is 91.9 Å². The van der Waals surface area contributed by atoms with Crippen LogP contribution in [0.3, 0.4) is 0 Å². The maximum Gasteiger partial charge on any atom is 0.309 e. The van der Waals surface area contributed by atoms with Gasteiger partial charge in [0.05, 0.1) is 11.3 Å². The molecule has 2 saturated carbocycles. The van der Waals surface area contributed by atoms with Crippen LogP contribution in [-0.2, 0) is 9.59 Å². The summed E-state index contributed by atoms with van der Waals surface area (Å²) in [5, 5.41) is 20.6. The number of fused-ring (bicyclic) bond motifs is 6. The van der Waals surface area contributed by atoms with Crippen LogP contribution in [0.1, 0.15) is 91.9 Å². The van der Waals surface area contributed by atoms with Gasteiger partial charge in [0.2, 0.25) is 0 Å². The molecule has 0 aromatic rings. The van der Waals surface area contributed by atoms with Gasteiger partial charge >= 0.3 is 11.9 Å². The molecule has 5 rings (SSSR count). The summed E-state index contributed by atoms with van der Waals surface area (Å²) in [6, 6.07) is 0. The van der Waals surface area contributed by atoms with Crippen LogP contribution in [0.25, 0.3) is 0 Å². The zero-order valence-corrected chi connectivity index (χ0v) is 20.8. The van der Waals surface area contributed by atoms with Crippen LogP contribution in [0.15, 0.2) is 16.3 Å². The second-order valence-electron chi connectivity index (χ2n) is 12.6. The highest BCUT2D eigenvalue weighted by Crippen LogP contribution is 2.62. The molecular weight excluding hydrogens is 414 g/mol. The highest BCUT2D eigenvalue weighted by molar-refractivity contribution is 5.94. The summed E-state index contributed by atoms with van der Waals surface area (Å²) in [6.45, 7) is 8.80. The molecule has 33 heavy (non-hydrogen) atoms. The second-order valence-corrected chi connectivity index (χ2v) is 12.6. The molecule has 0 spiro atoms. The maximum atomic E-state index is 12.6. The van der Waals surface area contributed by atoms with E-state index < -0.39 is 17.4 Å². The fourth-order valence-corrected chi connectivity index (χ4v) is 9.26. The third-order valence-corrected chi connectivity index (χ3v) is 10.7. The Morgan fingerprint density at radius 3 is 2.36 bits per heavy atom. The zero-order valence-electron chi connectivity index (χ0n) is 20.8. The van der Waals surface area contributed by atoms with Crippen molar-refractivity contribution in [1.29, 1.82) is 0 Å². The fourth-order valence-electron chi connectivity index (χ4n) is 9.26. The third kappa shape index (κ3) is 3.27. The van der Waals surface area contributed by atoms with E-state index in [1.165, 1.54) is 17.0 Å². The van der Waals surface area contributed by atoms with Crippen LogP contribution in [-0.4, -0.2) is 27.9 Å². The molecule has 5 heteroatoms. The Morgan fingerprint density at radius 1 is 0.970 bits per heavy atom. The molecular formula is C28H41NO4. The van der Waals surface area contributed by atoms with Gasteiger partial charge < -0.3 is 10.2 Å². The van der Waals surface area contributed by atoms with Gasteiger partial charge in [-0.2, -0.15) is 0 Å². The number of hydrogen-bond acceptors (Lipinski definition) is 3. The van der Waals surface area contributed by atoms with E-state index in [-0.39, 0.29) is 35.0 Å². The number of carboxylic acid groups (broad SMARTS) is 2. The molecule has 3 aliphatic carbocycles. The van der Waals surface area contributed by atoms with Gasteiger partial charge in [0, 0.05) is 22.7 Å². The summed E-state index contributed by atoms with van der Waals surface area (Å²) in [7, 11) is 0. The Labute approximate surface area is 198 Å². The Hall–Kier alpha value is -1.65. The van der Waals surface area contributed by atoms with Crippen LogP contribution in [0.5, 0.6) is 0 Å². The molecule has 3 bridgehead atoms. The fraction of sp³-hybridized carbons (Fsp3) is 0.821. The van der Waals surface area contributed by atoms with Crippen molar-refractivity contribution < 1.29 is 19.8 Å². The number of nitrogens with zero attached hydrogens (tertiary/aromatic N) is 1. The molecule has 0 radical (unpaired) electrons. The van der Waals surface area contributed by atoms with E-state index in [4.69, 9.17) is 4.99 Å². The van der Waals surface area contributed by atoms with Crippen molar-refractivity contribution in [3.63, 3.8) is 0 Å². The van der Waals surface area contributed by atoms with Gasteiger partial charge in [0.1, 0.15) is 0 Å². The number of rotatable bonds is 3. The molecule has 2 fully saturated rings. The molecule has 5 nitrogen and oxygen atoms in total. The van der Waals surface area contributed by atoms with E-state index >= 15 is 0 Å². The Morgan fingerprint density at radius 2 is 1.70 bits per heavy atom.